The van der Waals surface area contributed by atoms with Crippen LogP contribution in [0.2, 0.25) is 5.02 Å². The lowest BCUT2D eigenvalue weighted by atomic mass is 10.2. The number of benzene rings is 3. The van der Waals surface area contributed by atoms with Gasteiger partial charge >= 0.3 is 0 Å². The van der Waals surface area contributed by atoms with Gasteiger partial charge in [0.1, 0.15) is 23.8 Å². The molecule has 4 rings (SSSR count). The predicted molar refractivity (Wildman–Crippen MR) is 123 cm³/mol. The Hall–Kier alpha value is -3.71. The fourth-order valence-electron chi connectivity index (χ4n) is 3.19. The molecular formula is C25H20ClF2N3O2. The summed E-state index contributed by atoms with van der Waals surface area (Å²) < 4.78 is 33.8. The van der Waals surface area contributed by atoms with E-state index in [2.05, 4.69) is 10.4 Å². The molecule has 1 N–H and O–H groups in total. The number of carbonyl (C=O) groups is 1. The third-order valence-electron chi connectivity index (χ3n) is 5.03. The molecule has 1 aromatic heterocycles. The van der Waals surface area contributed by atoms with E-state index in [9.17, 15) is 13.6 Å². The van der Waals surface area contributed by atoms with Crippen molar-refractivity contribution in [2.75, 3.05) is 5.32 Å². The smallest absolute Gasteiger partial charge is 0.262 e. The van der Waals surface area contributed by atoms with Crippen molar-refractivity contribution in [2.45, 2.75) is 20.1 Å². The van der Waals surface area contributed by atoms with Gasteiger partial charge in [0.05, 0.1) is 6.54 Å². The van der Waals surface area contributed by atoms with Gasteiger partial charge in [0, 0.05) is 16.9 Å². The first-order valence-corrected chi connectivity index (χ1v) is 10.5. The van der Waals surface area contributed by atoms with Crippen molar-refractivity contribution in [3.8, 4) is 5.88 Å². The standard InChI is InChI=1S/C25H20ClF2N3O2/c1-16-22(26)3-2-4-23(16)29-24(32)21-14-31(13-17-5-9-19(27)10-6-17)30-25(21)33-15-18-7-11-20(28)12-8-18/h2-12,14H,13,15H2,1H3,(H,29,32). The number of nitrogens with zero attached hydrogens (tertiary/aromatic N) is 2. The Morgan fingerprint density at radius 3 is 2.30 bits per heavy atom. The largest absolute Gasteiger partial charge is 0.471 e. The highest BCUT2D eigenvalue weighted by Crippen LogP contribution is 2.25. The zero-order valence-electron chi connectivity index (χ0n) is 17.7. The number of nitrogens with one attached hydrogen (secondary N) is 1. The van der Waals surface area contributed by atoms with E-state index in [-0.39, 0.29) is 29.7 Å². The number of rotatable bonds is 7. The average Bonchev–Trinajstić information content (AvgIpc) is 3.21. The van der Waals surface area contributed by atoms with E-state index in [0.717, 1.165) is 16.7 Å². The Bertz CT molecular complexity index is 1270. The van der Waals surface area contributed by atoms with Gasteiger partial charge in [-0.15, -0.1) is 5.10 Å². The molecule has 4 aromatic rings. The summed E-state index contributed by atoms with van der Waals surface area (Å²) in [5.74, 6) is -0.975. The van der Waals surface area contributed by atoms with Crippen molar-refractivity contribution in [1.29, 1.82) is 0 Å². The second-order valence-electron chi connectivity index (χ2n) is 7.45. The third kappa shape index (κ3) is 5.56. The Kier molecular flexibility index (Phi) is 6.70. The molecular weight excluding hydrogens is 448 g/mol. The van der Waals surface area contributed by atoms with Crippen LogP contribution in [0.15, 0.2) is 72.9 Å². The highest BCUT2D eigenvalue weighted by Gasteiger charge is 2.19. The van der Waals surface area contributed by atoms with E-state index >= 15 is 0 Å². The highest BCUT2D eigenvalue weighted by atomic mass is 35.5. The molecule has 3 aromatic carbocycles. The number of ether oxygens (including phenoxy) is 1. The van der Waals surface area contributed by atoms with Crippen molar-refractivity contribution in [2.24, 2.45) is 0 Å². The van der Waals surface area contributed by atoms with Gasteiger partial charge < -0.3 is 10.1 Å². The number of halogens is 3. The molecule has 0 aliphatic heterocycles. The summed E-state index contributed by atoms with van der Waals surface area (Å²) in [5, 5.41) is 7.78. The summed E-state index contributed by atoms with van der Waals surface area (Å²) in [7, 11) is 0. The van der Waals surface area contributed by atoms with E-state index in [1.807, 2.05) is 6.92 Å². The van der Waals surface area contributed by atoms with Gasteiger partial charge in [-0.3, -0.25) is 9.48 Å². The number of amides is 1. The summed E-state index contributed by atoms with van der Waals surface area (Å²) in [6.07, 6.45) is 1.57. The van der Waals surface area contributed by atoms with Crippen molar-refractivity contribution in [3.63, 3.8) is 0 Å². The molecule has 0 spiro atoms. The summed E-state index contributed by atoms with van der Waals surface area (Å²) >= 11 is 6.16. The van der Waals surface area contributed by atoms with E-state index in [0.29, 0.717) is 17.3 Å². The summed E-state index contributed by atoms with van der Waals surface area (Å²) in [5.41, 5.74) is 3.06. The van der Waals surface area contributed by atoms with Crippen LogP contribution in [0.25, 0.3) is 0 Å². The lowest BCUT2D eigenvalue weighted by Gasteiger charge is -2.10. The van der Waals surface area contributed by atoms with E-state index in [4.69, 9.17) is 16.3 Å². The van der Waals surface area contributed by atoms with E-state index < -0.39 is 5.91 Å². The van der Waals surface area contributed by atoms with Crippen molar-refractivity contribution < 1.29 is 18.3 Å². The minimum Gasteiger partial charge on any atom is -0.471 e. The first-order valence-electron chi connectivity index (χ1n) is 10.1. The molecule has 1 amide bonds. The second-order valence-corrected chi connectivity index (χ2v) is 7.86. The van der Waals surface area contributed by atoms with Gasteiger partial charge in [-0.05, 0) is 60.0 Å². The van der Waals surface area contributed by atoms with Crippen molar-refractivity contribution in [3.05, 3.63) is 112 Å². The molecule has 0 atom stereocenters. The Labute approximate surface area is 194 Å². The molecule has 0 saturated carbocycles. The summed E-state index contributed by atoms with van der Waals surface area (Å²) in [6, 6.07) is 17.1. The lowest BCUT2D eigenvalue weighted by molar-refractivity contribution is 0.102. The van der Waals surface area contributed by atoms with Crippen LogP contribution in [0.1, 0.15) is 27.0 Å². The number of hydrogen-bond donors (Lipinski definition) is 1. The van der Waals surface area contributed by atoms with Gasteiger partial charge in [-0.25, -0.2) is 8.78 Å². The lowest BCUT2D eigenvalue weighted by Crippen LogP contribution is -2.13. The topological polar surface area (TPSA) is 56.2 Å². The quantitative estimate of drug-likeness (QED) is 0.362. The normalized spacial score (nSPS) is 10.8. The molecule has 0 aliphatic carbocycles. The highest BCUT2D eigenvalue weighted by molar-refractivity contribution is 6.31. The predicted octanol–water partition coefficient (Wildman–Crippen LogP) is 6.00. The number of carbonyl (C=O) groups excluding carboxylic acids is 1. The second kappa shape index (κ2) is 9.83. The maximum atomic E-state index is 13.2. The monoisotopic (exact) mass is 467 g/mol. The fraction of sp³-hybridized carbons (Fsp3) is 0.120. The van der Waals surface area contributed by atoms with Crippen LogP contribution in [-0.2, 0) is 13.2 Å². The molecule has 1 heterocycles. The molecule has 0 fully saturated rings. The SMILES string of the molecule is Cc1c(Cl)cccc1NC(=O)c1cn(Cc2ccc(F)cc2)nc1OCc1ccc(F)cc1. The van der Waals surface area contributed by atoms with Crippen molar-refractivity contribution in [1.82, 2.24) is 9.78 Å². The van der Waals surface area contributed by atoms with Crippen LogP contribution in [0.5, 0.6) is 5.88 Å². The number of anilines is 1. The first-order chi connectivity index (χ1) is 15.9. The van der Waals surface area contributed by atoms with Gasteiger partial charge in [0.25, 0.3) is 5.91 Å². The van der Waals surface area contributed by atoms with Gasteiger partial charge in [0.2, 0.25) is 5.88 Å². The number of hydrogen-bond acceptors (Lipinski definition) is 3. The molecule has 5 nitrogen and oxygen atoms in total. The Morgan fingerprint density at radius 2 is 1.64 bits per heavy atom. The molecule has 0 bridgehead atoms. The average molecular weight is 468 g/mol. The Morgan fingerprint density at radius 1 is 1.00 bits per heavy atom. The zero-order chi connectivity index (χ0) is 23.4. The maximum Gasteiger partial charge on any atom is 0.262 e. The van der Waals surface area contributed by atoms with Gasteiger partial charge in [0.15, 0.2) is 0 Å². The minimum absolute atomic E-state index is 0.102. The molecule has 8 heteroatoms. The maximum absolute atomic E-state index is 13.2. The zero-order valence-corrected chi connectivity index (χ0v) is 18.4. The minimum atomic E-state index is -0.417. The van der Waals surface area contributed by atoms with Crippen LogP contribution >= 0.6 is 11.6 Å². The molecule has 168 valence electrons. The van der Waals surface area contributed by atoms with E-state index in [1.165, 1.54) is 24.3 Å². The molecule has 0 radical (unpaired) electrons. The third-order valence-corrected chi connectivity index (χ3v) is 5.44. The van der Waals surface area contributed by atoms with Crippen molar-refractivity contribution >= 4 is 23.2 Å². The Balaban J connectivity index is 1.59. The number of aromatic nitrogens is 2. The van der Waals surface area contributed by atoms with Gasteiger partial charge in [-0.2, -0.15) is 0 Å². The van der Waals surface area contributed by atoms with E-state index in [1.54, 1.807) is 53.3 Å². The fourth-order valence-corrected chi connectivity index (χ4v) is 3.36. The van der Waals surface area contributed by atoms with Crippen LogP contribution in [0.3, 0.4) is 0 Å². The molecule has 0 saturated heterocycles. The summed E-state index contributed by atoms with van der Waals surface area (Å²) in [6.45, 7) is 2.23. The molecule has 0 unspecified atom stereocenters. The van der Waals surface area contributed by atoms with Crippen LogP contribution < -0.4 is 10.1 Å². The summed E-state index contributed by atoms with van der Waals surface area (Å²) in [4.78, 5) is 13.1. The molecule has 0 aliphatic rings. The van der Waals surface area contributed by atoms with Crippen LogP contribution in [0, 0.1) is 18.6 Å². The van der Waals surface area contributed by atoms with Gasteiger partial charge in [-0.1, -0.05) is 41.9 Å². The first kappa shape index (κ1) is 22.5. The van der Waals surface area contributed by atoms with Crippen LogP contribution in [0.4, 0.5) is 14.5 Å². The molecule has 33 heavy (non-hydrogen) atoms. The van der Waals surface area contributed by atoms with Crippen LogP contribution in [-0.4, -0.2) is 15.7 Å².